The van der Waals surface area contributed by atoms with Crippen LogP contribution in [0.5, 0.6) is 0 Å². The van der Waals surface area contributed by atoms with Crippen molar-refractivity contribution in [2.75, 3.05) is 20.1 Å². The number of hydrogen-bond donors (Lipinski definition) is 0. The van der Waals surface area contributed by atoms with Crippen LogP contribution in [-0.2, 0) is 0 Å². The number of likely N-dealkylation sites (N-methyl/N-ethyl adjacent to an activating group) is 1. The number of piperidine rings is 1. The van der Waals surface area contributed by atoms with E-state index in [2.05, 4.69) is 36.2 Å². The summed E-state index contributed by atoms with van der Waals surface area (Å²) >= 11 is 1.87. The molecule has 1 aromatic carbocycles. The predicted octanol–water partition coefficient (Wildman–Crippen LogP) is 3.11. The van der Waals surface area contributed by atoms with E-state index < -0.39 is 0 Å². The van der Waals surface area contributed by atoms with Crippen molar-refractivity contribution < 1.29 is 0 Å². The molecule has 1 aliphatic heterocycles. The number of rotatable bonds is 1. The Labute approximate surface area is 99.9 Å². The Morgan fingerprint density at radius 3 is 3.06 bits per heavy atom. The lowest BCUT2D eigenvalue weighted by Crippen LogP contribution is -2.30. The first-order valence-corrected chi connectivity index (χ1v) is 6.68. The summed E-state index contributed by atoms with van der Waals surface area (Å²) in [5.41, 5.74) is 1.16. The van der Waals surface area contributed by atoms with E-state index >= 15 is 0 Å². The topological polar surface area (TPSA) is 16.1 Å². The van der Waals surface area contributed by atoms with Gasteiger partial charge in [-0.1, -0.05) is 12.1 Å². The third-order valence-corrected chi connectivity index (χ3v) is 4.48. The maximum Gasteiger partial charge on any atom is 0.0982 e. The molecule has 1 aliphatic rings. The van der Waals surface area contributed by atoms with Gasteiger partial charge in [0.05, 0.1) is 15.2 Å². The number of benzene rings is 1. The van der Waals surface area contributed by atoms with E-state index in [1.54, 1.807) is 0 Å². The van der Waals surface area contributed by atoms with Crippen molar-refractivity contribution in [1.82, 2.24) is 9.88 Å². The maximum absolute atomic E-state index is 4.76. The molecule has 1 unspecified atom stereocenters. The van der Waals surface area contributed by atoms with Crippen LogP contribution in [0.4, 0.5) is 0 Å². The molecule has 0 amide bonds. The lowest BCUT2D eigenvalue weighted by molar-refractivity contribution is 0.250. The fourth-order valence-electron chi connectivity index (χ4n) is 2.43. The average Bonchev–Trinajstić information content (AvgIpc) is 2.72. The monoisotopic (exact) mass is 232 g/mol. The third-order valence-electron chi connectivity index (χ3n) is 3.28. The fourth-order valence-corrected chi connectivity index (χ4v) is 3.53. The minimum atomic E-state index is 0.649. The molecule has 16 heavy (non-hydrogen) atoms. The van der Waals surface area contributed by atoms with Crippen LogP contribution >= 0.6 is 11.3 Å². The Morgan fingerprint density at radius 1 is 1.38 bits per heavy atom. The zero-order valence-corrected chi connectivity index (χ0v) is 10.3. The molecule has 0 aliphatic carbocycles. The minimum Gasteiger partial charge on any atom is -0.306 e. The summed E-state index contributed by atoms with van der Waals surface area (Å²) in [6.07, 6.45) is 2.60. The first kappa shape index (κ1) is 10.2. The SMILES string of the molecule is CN1CCCC(c2nc3ccccc3s2)C1. The second kappa shape index (κ2) is 4.15. The van der Waals surface area contributed by atoms with Crippen LogP contribution in [0.3, 0.4) is 0 Å². The van der Waals surface area contributed by atoms with Gasteiger partial charge in [-0.3, -0.25) is 0 Å². The number of aromatic nitrogens is 1. The van der Waals surface area contributed by atoms with Crippen molar-refractivity contribution in [3.63, 3.8) is 0 Å². The average molecular weight is 232 g/mol. The molecule has 0 N–H and O–H groups in total. The Hall–Kier alpha value is -0.930. The van der Waals surface area contributed by atoms with Crippen molar-refractivity contribution in [3.05, 3.63) is 29.3 Å². The summed E-state index contributed by atoms with van der Waals surface area (Å²) < 4.78 is 1.32. The van der Waals surface area contributed by atoms with Crippen molar-refractivity contribution in [2.24, 2.45) is 0 Å². The summed E-state index contributed by atoms with van der Waals surface area (Å²) in [7, 11) is 2.21. The van der Waals surface area contributed by atoms with Crippen molar-refractivity contribution in [3.8, 4) is 0 Å². The van der Waals surface area contributed by atoms with Gasteiger partial charge < -0.3 is 4.90 Å². The summed E-state index contributed by atoms with van der Waals surface area (Å²) in [5, 5.41) is 1.33. The van der Waals surface area contributed by atoms with E-state index in [1.165, 1.54) is 35.6 Å². The van der Waals surface area contributed by atoms with Crippen molar-refractivity contribution >= 4 is 21.6 Å². The molecule has 1 atom stereocenters. The zero-order valence-electron chi connectivity index (χ0n) is 9.52. The number of likely N-dealkylation sites (tertiary alicyclic amines) is 1. The van der Waals surface area contributed by atoms with E-state index in [9.17, 15) is 0 Å². The van der Waals surface area contributed by atoms with Crippen LogP contribution < -0.4 is 0 Å². The van der Waals surface area contributed by atoms with Gasteiger partial charge in [-0.2, -0.15) is 0 Å². The quantitative estimate of drug-likeness (QED) is 0.751. The van der Waals surface area contributed by atoms with Crippen LogP contribution in [-0.4, -0.2) is 30.0 Å². The summed E-state index contributed by atoms with van der Waals surface area (Å²) in [6.45, 7) is 2.40. The smallest absolute Gasteiger partial charge is 0.0982 e. The molecule has 1 fully saturated rings. The lowest BCUT2D eigenvalue weighted by atomic mass is 9.99. The molecule has 84 valence electrons. The number of fused-ring (bicyclic) bond motifs is 1. The van der Waals surface area contributed by atoms with Crippen molar-refractivity contribution in [1.29, 1.82) is 0 Å². The van der Waals surface area contributed by atoms with E-state index in [0.29, 0.717) is 5.92 Å². The molecule has 0 radical (unpaired) electrons. The van der Waals surface area contributed by atoms with Gasteiger partial charge in [0.1, 0.15) is 0 Å². The first-order valence-electron chi connectivity index (χ1n) is 5.87. The standard InChI is InChI=1S/C13H16N2S/c1-15-8-4-5-10(9-15)13-14-11-6-2-3-7-12(11)16-13/h2-3,6-7,10H,4-5,8-9H2,1H3. The molecule has 2 nitrogen and oxygen atoms in total. The number of hydrogen-bond acceptors (Lipinski definition) is 3. The highest BCUT2D eigenvalue weighted by molar-refractivity contribution is 7.18. The molecular weight excluding hydrogens is 216 g/mol. The van der Waals surface area contributed by atoms with E-state index in [4.69, 9.17) is 4.98 Å². The number of nitrogens with zero attached hydrogens (tertiary/aromatic N) is 2. The summed E-state index contributed by atoms with van der Waals surface area (Å²) in [6, 6.07) is 8.45. The van der Waals surface area contributed by atoms with Crippen LogP contribution in [0.2, 0.25) is 0 Å². The van der Waals surface area contributed by atoms with Crippen LogP contribution in [0, 0.1) is 0 Å². The third kappa shape index (κ3) is 1.85. The van der Waals surface area contributed by atoms with Crippen LogP contribution in [0.15, 0.2) is 24.3 Å². The minimum absolute atomic E-state index is 0.649. The molecule has 1 saturated heterocycles. The lowest BCUT2D eigenvalue weighted by Gasteiger charge is -2.28. The second-order valence-corrected chi connectivity index (χ2v) is 5.68. The first-order chi connectivity index (χ1) is 7.83. The van der Waals surface area contributed by atoms with E-state index in [-0.39, 0.29) is 0 Å². The Balaban J connectivity index is 1.93. The van der Waals surface area contributed by atoms with Gasteiger partial charge >= 0.3 is 0 Å². The second-order valence-electron chi connectivity index (χ2n) is 4.62. The van der Waals surface area contributed by atoms with Gasteiger partial charge in [0.25, 0.3) is 0 Å². The highest BCUT2D eigenvalue weighted by atomic mass is 32.1. The molecule has 1 aromatic heterocycles. The molecule has 3 heteroatoms. The summed E-state index contributed by atoms with van der Waals surface area (Å²) in [5.74, 6) is 0.649. The zero-order chi connectivity index (χ0) is 11.0. The van der Waals surface area contributed by atoms with Gasteiger partial charge in [-0.05, 0) is 38.6 Å². The molecular formula is C13H16N2S. The van der Waals surface area contributed by atoms with Gasteiger partial charge in [-0.25, -0.2) is 4.98 Å². The van der Waals surface area contributed by atoms with Crippen LogP contribution in [0.25, 0.3) is 10.2 Å². The predicted molar refractivity (Wildman–Crippen MR) is 69.1 cm³/mol. The van der Waals surface area contributed by atoms with Gasteiger partial charge in [0.2, 0.25) is 0 Å². The van der Waals surface area contributed by atoms with E-state index in [0.717, 1.165) is 5.52 Å². The Kier molecular flexibility index (Phi) is 2.65. The molecule has 2 heterocycles. The normalized spacial score (nSPS) is 22.7. The van der Waals surface area contributed by atoms with Gasteiger partial charge in [-0.15, -0.1) is 11.3 Å². The van der Waals surface area contributed by atoms with Crippen LogP contribution in [0.1, 0.15) is 23.8 Å². The number of thiazole rings is 1. The Bertz CT molecular complexity index is 458. The van der Waals surface area contributed by atoms with Gasteiger partial charge in [0.15, 0.2) is 0 Å². The highest BCUT2D eigenvalue weighted by Crippen LogP contribution is 2.32. The van der Waals surface area contributed by atoms with Gasteiger partial charge in [0, 0.05) is 12.5 Å². The molecule has 3 rings (SSSR count). The molecule has 2 aromatic rings. The molecule has 0 spiro atoms. The molecule has 0 saturated carbocycles. The highest BCUT2D eigenvalue weighted by Gasteiger charge is 2.21. The summed E-state index contributed by atoms with van der Waals surface area (Å²) in [4.78, 5) is 7.18. The van der Waals surface area contributed by atoms with Crippen molar-refractivity contribution in [2.45, 2.75) is 18.8 Å². The Morgan fingerprint density at radius 2 is 2.25 bits per heavy atom. The molecule has 0 bridgehead atoms. The fraction of sp³-hybridized carbons (Fsp3) is 0.462. The number of para-hydroxylation sites is 1. The maximum atomic E-state index is 4.76. The largest absolute Gasteiger partial charge is 0.306 e. The van der Waals surface area contributed by atoms with E-state index in [1.807, 2.05) is 11.3 Å².